The third kappa shape index (κ3) is 3.45. The Labute approximate surface area is 111 Å². The SMILES string of the molecule is CCNCc1cccc(N2CC(C)CC(C)C2)n1. The van der Waals surface area contributed by atoms with Crippen LogP contribution in [-0.2, 0) is 6.54 Å². The van der Waals surface area contributed by atoms with E-state index in [0.717, 1.165) is 49.5 Å². The average molecular weight is 247 g/mol. The lowest BCUT2D eigenvalue weighted by Gasteiger charge is -2.36. The van der Waals surface area contributed by atoms with Crippen molar-refractivity contribution in [1.29, 1.82) is 0 Å². The Kier molecular flexibility index (Phi) is 4.59. The largest absolute Gasteiger partial charge is 0.356 e. The van der Waals surface area contributed by atoms with E-state index in [1.807, 2.05) is 0 Å². The normalized spacial score (nSPS) is 24.3. The molecule has 0 spiro atoms. The van der Waals surface area contributed by atoms with Gasteiger partial charge in [-0.2, -0.15) is 0 Å². The summed E-state index contributed by atoms with van der Waals surface area (Å²) in [6.45, 7) is 10.9. The average Bonchev–Trinajstić information content (AvgIpc) is 2.35. The summed E-state index contributed by atoms with van der Waals surface area (Å²) < 4.78 is 0. The third-order valence-corrected chi connectivity index (χ3v) is 3.54. The molecule has 3 heteroatoms. The quantitative estimate of drug-likeness (QED) is 0.886. The van der Waals surface area contributed by atoms with Gasteiger partial charge < -0.3 is 10.2 Å². The molecule has 0 aliphatic carbocycles. The smallest absolute Gasteiger partial charge is 0.128 e. The molecular weight excluding hydrogens is 222 g/mol. The minimum atomic E-state index is 0.771. The molecule has 3 nitrogen and oxygen atoms in total. The number of hydrogen-bond donors (Lipinski definition) is 1. The second-order valence-corrected chi connectivity index (χ2v) is 5.62. The second kappa shape index (κ2) is 6.19. The molecule has 0 radical (unpaired) electrons. The first kappa shape index (κ1) is 13.3. The summed E-state index contributed by atoms with van der Waals surface area (Å²) in [7, 11) is 0. The second-order valence-electron chi connectivity index (χ2n) is 5.62. The van der Waals surface area contributed by atoms with Crippen LogP contribution in [0, 0.1) is 11.8 Å². The zero-order valence-corrected chi connectivity index (χ0v) is 11.8. The number of pyridine rings is 1. The van der Waals surface area contributed by atoms with Gasteiger partial charge in [0.2, 0.25) is 0 Å². The highest BCUT2D eigenvalue weighted by atomic mass is 15.2. The van der Waals surface area contributed by atoms with Crippen molar-refractivity contribution in [2.24, 2.45) is 11.8 Å². The summed E-state index contributed by atoms with van der Waals surface area (Å²) in [5.41, 5.74) is 1.14. The molecule has 18 heavy (non-hydrogen) atoms. The van der Waals surface area contributed by atoms with Crippen LogP contribution in [0.3, 0.4) is 0 Å². The maximum Gasteiger partial charge on any atom is 0.128 e. The number of nitrogens with zero attached hydrogens (tertiary/aromatic N) is 2. The van der Waals surface area contributed by atoms with Gasteiger partial charge in [0.05, 0.1) is 5.69 Å². The molecule has 0 saturated carbocycles. The van der Waals surface area contributed by atoms with Gasteiger partial charge in [0.1, 0.15) is 5.82 Å². The van der Waals surface area contributed by atoms with Crippen LogP contribution in [0.25, 0.3) is 0 Å². The molecule has 0 aromatic carbocycles. The first-order chi connectivity index (χ1) is 8.69. The van der Waals surface area contributed by atoms with Crippen LogP contribution >= 0.6 is 0 Å². The van der Waals surface area contributed by atoms with Crippen LogP contribution in [0.2, 0.25) is 0 Å². The number of aromatic nitrogens is 1. The van der Waals surface area contributed by atoms with Gasteiger partial charge in [0.15, 0.2) is 0 Å². The van der Waals surface area contributed by atoms with Crippen LogP contribution in [0.4, 0.5) is 5.82 Å². The summed E-state index contributed by atoms with van der Waals surface area (Å²) in [6.07, 6.45) is 1.34. The highest BCUT2D eigenvalue weighted by Crippen LogP contribution is 2.24. The topological polar surface area (TPSA) is 28.2 Å². The molecule has 1 fully saturated rings. The molecular formula is C15H25N3. The minimum Gasteiger partial charge on any atom is -0.356 e. The number of piperidine rings is 1. The molecule has 1 aromatic heterocycles. The van der Waals surface area contributed by atoms with E-state index < -0.39 is 0 Å². The fraction of sp³-hybridized carbons (Fsp3) is 0.667. The summed E-state index contributed by atoms with van der Waals surface area (Å²) in [5, 5.41) is 3.33. The molecule has 1 aliphatic heterocycles. The summed E-state index contributed by atoms with van der Waals surface area (Å²) in [4.78, 5) is 7.21. The van der Waals surface area contributed by atoms with Crippen LogP contribution in [0.5, 0.6) is 0 Å². The summed E-state index contributed by atoms with van der Waals surface area (Å²) >= 11 is 0. The lowest BCUT2D eigenvalue weighted by Crippen LogP contribution is -2.39. The molecule has 2 heterocycles. The zero-order chi connectivity index (χ0) is 13.0. The van der Waals surface area contributed by atoms with E-state index in [1.165, 1.54) is 6.42 Å². The van der Waals surface area contributed by atoms with Crippen LogP contribution in [-0.4, -0.2) is 24.6 Å². The Morgan fingerprint density at radius 1 is 1.28 bits per heavy atom. The van der Waals surface area contributed by atoms with E-state index in [0.29, 0.717) is 0 Å². The van der Waals surface area contributed by atoms with Crippen molar-refractivity contribution in [3.8, 4) is 0 Å². The van der Waals surface area contributed by atoms with E-state index >= 15 is 0 Å². The van der Waals surface area contributed by atoms with Crippen molar-refractivity contribution >= 4 is 5.82 Å². The molecule has 1 saturated heterocycles. The lowest BCUT2D eigenvalue weighted by molar-refractivity contribution is 0.355. The van der Waals surface area contributed by atoms with E-state index in [2.05, 4.69) is 49.2 Å². The van der Waals surface area contributed by atoms with Gasteiger partial charge in [-0.25, -0.2) is 4.98 Å². The van der Waals surface area contributed by atoms with E-state index in [1.54, 1.807) is 0 Å². The first-order valence-electron chi connectivity index (χ1n) is 7.10. The number of hydrogen-bond acceptors (Lipinski definition) is 3. The lowest BCUT2D eigenvalue weighted by atomic mass is 9.92. The van der Waals surface area contributed by atoms with Gasteiger partial charge in [-0.15, -0.1) is 0 Å². The van der Waals surface area contributed by atoms with Crippen LogP contribution in [0.1, 0.15) is 32.9 Å². The minimum absolute atomic E-state index is 0.771. The molecule has 2 rings (SSSR count). The molecule has 0 bridgehead atoms. The molecule has 1 N–H and O–H groups in total. The van der Waals surface area contributed by atoms with Crippen LogP contribution < -0.4 is 10.2 Å². The van der Waals surface area contributed by atoms with Gasteiger partial charge in [-0.05, 0) is 36.9 Å². The van der Waals surface area contributed by atoms with E-state index in [9.17, 15) is 0 Å². The van der Waals surface area contributed by atoms with E-state index in [-0.39, 0.29) is 0 Å². The van der Waals surface area contributed by atoms with Crippen molar-refractivity contribution in [2.75, 3.05) is 24.5 Å². The standard InChI is InChI=1S/C15H25N3/c1-4-16-9-14-6-5-7-15(17-14)18-10-12(2)8-13(3)11-18/h5-7,12-13,16H,4,8-11H2,1-3H3. The maximum atomic E-state index is 4.77. The van der Waals surface area contributed by atoms with Crippen LogP contribution in [0.15, 0.2) is 18.2 Å². The molecule has 2 atom stereocenters. The highest BCUT2D eigenvalue weighted by molar-refractivity contribution is 5.40. The van der Waals surface area contributed by atoms with Crippen molar-refractivity contribution in [1.82, 2.24) is 10.3 Å². The van der Waals surface area contributed by atoms with Gasteiger partial charge in [-0.1, -0.05) is 26.8 Å². The zero-order valence-electron chi connectivity index (χ0n) is 11.8. The highest BCUT2D eigenvalue weighted by Gasteiger charge is 2.22. The third-order valence-electron chi connectivity index (χ3n) is 3.54. The summed E-state index contributed by atoms with van der Waals surface area (Å²) in [6, 6.07) is 6.36. The van der Waals surface area contributed by atoms with Crippen molar-refractivity contribution in [3.63, 3.8) is 0 Å². The van der Waals surface area contributed by atoms with Gasteiger partial charge in [0, 0.05) is 19.6 Å². The van der Waals surface area contributed by atoms with E-state index in [4.69, 9.17) is 4.98 Å². The van der Waals surface area contributed by atoms with Crippen molar-refractivity contribution in [2.45, 2.75) is 33.7 Å². The Bertz CT molecular complexity index is 368. The first-order valence-corrected chi connectivity index (χ1v) is 7.10. The summed E-state index contributed by atoms with van der Waals surface area (Å²) in [5.74, 6) is 2.68. The van der Waals surface area contributed by atoms with Crippen molar-refractivity contribution in [3.05, 3.63) is 23.9 Å². The molecule has 100 valence electrons. The number of anilines is 1. The predicted molar refractivity (Wildman–Crippen MR) is 76.8 cm³/mol. The Morgan fingerprint density at radius 2 is 2.00 bits per heavy atom. The molecule has 0 amide bonds. The Balaban J connectivity index is 2.07. The fourth-order valence-electron chi connectivity index (χ4n) is 2.84. The predicted octanol–water partition coefficient (Wildman–Crippen LogP) is 2.67. The maximum absolute atomic E-state index is 4.77. The van der Waals surface area contributed by atoms with Gasteiger partial charge in [-0.3, -0.25) is 0 Å². The Morgan fingerprint density at radius 3 is 2.67 bits per heavy atom. The Hall–Kier alpha value is -1.09. The van der Waals surface area contributed by atoms with Crippen molar-refractivity contribution < 1.29 is 0 Å². The fourth-order valence-corrected chi connectivity index (χ4v) is 2.84. The van der Waals surface area contributed by atoms with Gasteiger partial charge >= 0.3 is 0 Å². The monoisotopic (exact) mass is 247 g/mol. The molecule has 1 aliphatic rings. The number of rotatable bonds is 4. The van der Waals surface area contributed by atoms with Gasteiger partial charge in [0.25, 0.3) is 0 Å². The number of nitrogens with one attached hydrogen (secondary N) is 1. The molecule has 2 unspecified atom stereocenters. The molecule has 1 aromatic rings.